The summed E-state index contributed by atoms with van der Waals surface area (Å²) in [5.74, 6) is 0. The molecule has 5 heteroatoms. The lowest BCUT2D eigenvalue weighted by Crippen LogP contribution is -2.11. The molecule has 2 rings (SSSR count). The number of rotatable bonds is 3. The Kier molecular flexibility index (Phi) is 4.76. The summed E-state index contributed by atoms with van der Waals surface area (Å²) in [6.07, 6.45) is -4.06. The van der Waals surface area contributed by atoms with E-state index < -0.39 is 17.1 Å². The molecule has 0 saturated heterocycles. The van der Waals surface area contributed by atoms with Crippen LogP contribution in [0.1, 0.15) is 22.1 Å². The Bertz CT molecular complexity index is 581. The summed E-state index contributed by atoms with van der Waals surface area (Å²) >= 11 is 9.25. The van der Waals surface area contributed by atoms with Crippen LogP contribution in [0, 0.1) is 0 Å². The fraction of sp³-hybridized carbons (Fsp3) is 0.200. The molecule has 0 aromatic heterocycles. The van der Waals surface area contributed by atoms with Crippen LogP contribution in [-0.2, 0) is 12.6 Å². The van der Waals surface area contributed by atoms with Crippen molar-refractivity contribution in [1.82, 2.24) is 0 Å². The monoisotopic (exact) mass is 362 g/mol. The molecule has 0 heterocycles. The minimum Gasteiger partial charge on any atom is -0.166 e. The molecule has 2 aromatic rings. The minimum atomic E-state index is -4.41. The number of alkyl halides is 4. The first-order valence-electron chi connectivity index (χ1n) is 5.92. The molecule has 1 unspecified atom stereocenters. The van der Waals surface area contributed by atoms with Crippen molar-refractivity contribution in [1.29, 1.82) is 0 Å². The zero-order valence-electron chi connectivity index (χ0n) is 10.3. The second kappa shape index (κ2) is 6.19. The molecule has 1 atom stereocenters. The molecule has 0 bridgehead atoms. The molecular formula is C15H11BrClF3. The predicted octanol–water partition coefficient (Wildman–Crippen LogP) is 5.99. The highest BCUT2D eigenvalue weighted by atomic mass is 79.9. The number of hydrogen-bond acceptors (Lipinski definition) is 0. The van der Waals surface area contributed by atoms with E-state index in [0.717, 1.165) is 11.6 Å². The first-order valence-corrected chi connectivity index (χ1v) is 7.15. The maximum Gasteiger partial charge on any atom is 0.416 e. The summed E-state index contributed by atoms with van der Waals surface area (Å²) in [5.41, 5.74) is 0.317. The fourth-order valence-electron chi connectivity index (χ4n) is 1.98. The van der Waals surface area contributed by atoms with E-state index in [0.29, 0.717) is 10.9 Å². The van der Waals surface area contributed by atoms with Crippen LogP contribution < -0.4 is 0 Å². The smallest absolute Gasteiger partial charge is 0.166 e. The Morgan fingerprint density at radius 1 is 1.05 bits per heavy atom. The lowest BCUT2D eigenvalue weighted by atomic mass is 9.99. The van der Waals surface area contributed by atoms with Gasteiger partial charge in [-0.15, -0.1) is 11.6 Å². The molecule has 2 aromatic carbocycles. The van der Waals surface area contributed by atoms with Crippen LogP contribution in [0.15, 0.2) is 53.0 Å². The van der Waals surface area contributed by atoms with Crippen LogP contribution in [0.4, 0.5) is 13.2 Å². The third-order valence-electron chi connectivity index (χ3n) is 2.92. The first kappa shape index (κ1) is 15.4. The molecule has 0 amide bonds. The van der Waals surface area contributed by atoms with Gasteiger partial charge in [-0.25, -0.2) is 0 Å². The topological polar surface area (TPSA) is 0 Å². The van der Waals surface area contributed by atoms with E-state index in [-0.39, 0.29) is 5.56 Å². The Labute approximate surface area is 128 Å². The van der Waals surface area contributed by atoms with Crippen LogP contribution in [0.25, 0.3) is 0 Å². The molecule has 0 spiro atoms. The van der Waals surface area contributed by atoms with Gasteiger partial charge in [-0.1, -0.05) is 52.3 Å². The van der Waals surface area contributed by atoms with E-state index in [9.17, 15) is 13.2 Å². The van der Waals surface area contributed by atoms with Crippen LogP contribution in [0.2, 0.25) is 0 Å². The van der Waals surface area contributed by atoms with Crippen LogP contribution in [0.3, 0.4) is 0 Å². The summed E-state index contributed by atoms with van der Waals surface area (Å²) in [5, 5.41) is -0.720. The molecule has 20 heavy (non-hydrogen) atoms. The summed E-state index contributed by atoms with van der Waals surface area (Å²) in [7, 11) is 0. The maximum atomic E-state index is 13.0. The number of halogens is 5. The SMILES string of the molecule is FC(F)(F)c1cc(Br)ccc1C(Cl)Cc1ccccc1. The second-order valence-corrected chi connectivity index (χ2v) is 5.83. The van der Waals surface area contributed by atoms with Crippen molar-refractivity contribution in [2.45, 2.75) is 18.0 Å². The fourth-order valence-corrected chi connectivity index (χ4v) is 2.71. The number of benzene rings is 2. The van der Waals surface area contributed by atoms with Crippen molar-refractivity contribution < 1.29 is 13.2 Å². The molecule has 0 nitrogen and oxygen atoms in total. The predicted molar refractivity (Wildman–Crippen MR) is 77.9 cm³/mol. The average molecular weight is 364 g/mol. The van der Waals surface area contributed by atoms with Crippen LogP contribution in [0.5, 0.6) is 0 Å². The van der Waals surface area contributed by atoms with Gasteiger partial charge >= 0.3 is 6.18 Å². The molecule has 0 aliphatic rings. The van der Waals surface area contributed by atoms with Gasteiger partial charge in [-0.3, -0.25) is 0 Å². The lowest BCUT2D eigenvalue weighted by molar-refractivity contribution is -0.138. The first-order chi connectivity index (χ1) is 9.38. The third kappa shape index (κ3) is 3.76. The Hall–Kier alpha value is -1.00. The van der Waals surface area contributed by atoms with Crippen LogP contribution >= 0.6 is 27.5 Å². The maximum absolute atomic E-state index is 13.0. The third-order valence-corrected chi connectivity index (χ3v) is 3.80. The van der Waals surface area contributed by atoms with Gasteiger partial charge in [-0.05, 0) is 29.7 Å². The van der Waals surface area contributed by atoms with Crippen molar-refractivity contribution in [2.24, 2.45) is 0 Å². The highest BCUT2D eigenvalue weighted by Gasteiger charge is 2.35. The second-order valence-electron chi connectivity index (χ2n) is 4.39. The molecule has 0 radical (unpaired) electrons. The van der Waals surface area contributed by atoms with E-state index in [1.54, 1.807) is 6.07 Å². The number of hydrogen-bond donors (Lipinski definition) is 0. The summed E-state index contributed by atoms with van der Waals surface area (Å²) in [4.78, 5) is 0. The van der Waals surface area contributed by atoms with Crippen molar-refractivity contribution in [3.05, 3.63) is 69.7 Å². The van der Waals surface area contributed by atoms with Gasteiger partial charge in [-0.2, -0.15) is 13.2 Å². The average Bonchev–Trinajstić information content (AvgIpc) is 2.38. The summed E-state index contributed by atoms with van der Waals surface area (Å²) < 4.78 is 39.5. The molecule has 0 aliphatic heterocycles. The van der Waals surface area contributed by atoms with E-state index in [1.165, 1.54) is 6.07 Å². The molecule has 0 N–H and O–H groups in total. The van der Waals surface area contributed by atoms with Crippen molar-refractivity contribution in [3.8, 4) is 0 Å². The van der Waals surface area contributed by atoms with Crippen molar-refractivity contribution >= 4 is 27.5 Å². The summed E-state index contributed by atoms with van der Waals surface area (Å²) in [6, 6.07) is 13.3. The Morgan fingerprint density at radius 3 is 2.30 bits per heavy atom. The normalized spacial score (nSPS) is 13.2. The van der Waals surface area contributed by atoms with E-state index in [1.807, 2.05) is 30.3 Å². The quantitative estimate of drug-likeness (QED) is 0.588. The van der Waals surface area contributed by atoms with E-state index in [2.05, 4.69) is 15.9 Å². The minimum absolute atomic E-state index is 0.103. The summed E-state index contributed by atoms with van der Waals surface area (Å²) in [6.45, 7) is 0. The standard InChI is InChI=1S/C15H11BrClF3/c16-11-6-7-12(13(9-11)15(18,19)20)14(17)8-10-4-2-1-3-5-10/h1-7,9,14H,8H2. The molecule has 0 fully saturated rings. The molecular weight excluding hydrogens is 353 g/mol. The highest BCUT2D eigenvalue weighted by Crippen LogP contribution is 2.39. The van der Waals surface area contributed by atoms with Crippen LogP contribution in [-0.4, -0.2) is 0 Å². The van der Waals surface area contributed by atoms with Gasteiger partial charge in [0.2, 0.25) is 0 Å². The Morgan fingerprint density at radius 2 is 1.70 bits per heavy atom. The molecule has 0 aliphatic carbocycles. The van der Waals surface area contributed by atoms with Gasteiger partial charge in [0.15, 0.2) is 0 Å². The Balaban J connectivity index is 2.32. The lowest BCUT2D eigenvalue weighted by Gasteiger charge is -2.17. The van der Waals surface area contributed by atoms with Gasteiger partial charge in [0, 0.05) is 4.47 Å². The van der Waals surface area contributed by atoms with Gasteiger partial charge in [0.25, 0.3) is 0 Å². The van der Waals surface area contributed by atoms with Crippen molar-refractivity contribution in [3.63, 3.8) is 0 Å². The van der Waals surface area contributed by atoms with Gasteiger partial charge in [0.05, 0.1) is 10.9 Å². The largest absolute Gasteiger partial charge is 0.416 e. The zero-order valence-corrected chi connectivity index (χ0v) is 12.6. The highest BCUT2D eigenvalue weighted by molar-refractivity contribution is 9.10. The van der Waals surface area contributed by atoms with Crippen molar-refractivity contribution in [2.75, 3.05) is 0 Å². The van der Waals surface area contributed by atoms with E-state index in [4.69, 9.17) is 11.6 Å². The van der Waals surface area contributed by atoms with E-state index >= 15 is 0 Å². The van der Waals surface area contributed by atoms with Gasteiger partial charge in [0.1, 0.15) is 0 Å². The van der Waals surface area contributed by atoms with Gasteiger partial charge < -0.3 is 0 Å². The molecule has 106 valence electrons. The molecule has 0 saturated carbocycles. The zero-order chi connectivity index (χ0) is 14.8.